The standard InChI is InChI=1S/C10H12N4O4/c1-5(9(12)15)13-10(16)7-4-6(14(17)18)2-3-8(7)11/h2-5H,11H2,1H3,(H2,12,15)(H,13,16). The third kappa shape index (κ3) is 2.94. The van der Waals surface area contributed by atoms with E-state index in [4.69, 9.17) is 11.5 Å². The fraction of sp³-hybridized carbons (Fsp3) is 0.200. The van der Waals surface area contributed by atoms with Crippen molar-refractivity contribution in [1.29, 1.82) is 0 Å². The zero-order valence-corrected chi connectivity index (χ0v) is 9.54. The Labute approximate surface area is 102 Å². The first-order valence-corrected chi connectivity index (χ1v) is 4.97. The van der Waals surface area contributed by atoms with Crippen LogP contribution in [0.1, 0.15) is 17.3 Å². The Bertz CT molecular complexity index is 515. The number of rotatable bonds is 4. The Morgan fingerprint density at radius 3 is 2.56 bits per heavy atom. The minimum atomic E-state index is -0.892. The van der Waals surface area contributed by atoms with E-state index in [2.05, 4.69) is 5.32 Å². The third-order valence-electron chi connectivity index (χ3n) is 2.27. The summed E-state index contributed by atoms with van der Waals surface area (Å²) in [7, 11) is 0. The number of hydrogen-bond acceptors (Lipinski definition) is 5. The van der Waals surface area contributed by atoms with E-state index in [1.54, 1.807) is 0 Å². The van der Waals surface area contributed by atoms with Crippen LogP contribution in [0.25, 0.3) is 0 Å². The lowest BCUT2D eigenvalue weighted by Gasteiger charge is -2.11. The maximum absolute atomic E-state index is 11.7. The number of amides is 2. The molecule has 1 rings (SSSR count). The van der Waals surface area contributed by atoms with Gasteiger partial charge in [0.15, 0.2) is 0 Å². The van der Waals surface area contributed by atoms with Crippen LogP contribution < -0.4 is 16.8 Å². The predicted molar refractivity (Wildman–Crippen MR) is 63.6 cm³/mol. The minimum Gasteiger partial charge on any atom is -0.398 e. The molecule has 8 heteroatoms. The number of nitrogen functional groups attached to an aromatic ring is 1. The molecule has 1 aromatic rings. The number of non-ortho nitro benzene ring substituents is 1. The largest absolute Gasteiger partial charge is 0.398 e. The number of nitro benzene ring substituents is 1. The van der Waals surface area contributed by atoms with Gasteiger partial charge in [-0.25, -0.2) is 0 Å². The normalized spacial score (nSPS) is 11.6. The summed E-state index contributed by atoms with van der Waals surface area (Å²) in [5, 5.41) is 12.9. The van der Waals surface area contributed by atoms with E-state index >= 15 is 0 Å². The molecule has 0 aliphatic carbocycles. The van der Waals surface area contributed by atoms with Crippen molar-refractivity contribution in [2.45, 2.75) is 13.0 Å². The first-order chi connectivity index (χ1) is 8.32. The number of primary amides is 1. The zero-order valence-electron chi connectivity index (χ0n) is 9.54. The molecule has 18 heavy (non-hydrogen) atoms. The molecule has 96 valence electrons. The van der Waals surface area contributed by atoms with Gasteiger partial charge < -0.3 is 16.8 Å². The summed E-state index contributed by atoms with van der Waals surface area (Å²) in [6.07, 6.45) is 0. The molecule has 5 N–H and O–H groups in total. The van der Waals surface area contributed by atoms with Crippen LogP contribution in [-0.2, 0) is 4.79 Å². The molecule has 0 fully saturated rings. The molecule has 0 saturated carbocycles. The maximum atomic E-state index is 11.7. The highest BCUT2D eigenvalue weighted by molar-refractivity contribution is 6.01. The monoisotopic (exact) mass is 252 g/mol. The van der Waals surface area contributed by atoms with Gasteiger partial charge in [0, 0.05) is 17.8 Å². The SMILES string of the molecule is CC(NC(=O)c1cc([N+](=O)[O-])ccc1N)C(N)=O. The topological polar surface area (TPSA) is 141 Å². The Morgan fingerprint density at radius 2 is 2.06 bits per heavy atom. The number of carbonyl (C=O) groups excluding carboxylic acids is 2. The van der Waals surface area contributed by atoms with Gasteiger partial charge >= 0.3 is 0 Å². The van der Waals surface area contributed by atoms with E-state index < -0.39 is 22.8 Å². The molecule has 2 amide bonds. The van der Waals surface area contributed by atoms with E-state index in [1.165, 1.54) is 19.1 Å². The highest BCUT2D eigenvalue weighted by Gasteiger charge is 2.18. The van der Waals surface area contributed by atoms with E-state index in [0.29, 0.717) is 0 Å². The molecule has 0 spiro atoms. The molecule has 0 aliphatic rings. The number of carbonyl (C=O) groups is 2. The smallest absolute Gasteiger partial charge is 0.270 e. The third-order valence-corrected chi connectivity index (χ3v) is 2.27. The van der Waals surface area contributed by atoms with Crippen molar-refractivity contribution in [2.24, 2.45) is 5.73 Å². The fourth-order valence-electron chi connectivity index (χ4n) is 1.20. The number of hydrogen-bond donors (Lipinski definition) is 3. The molecule has 1 unspecified atom stereocenters. The highest BCUT2D eigenvalue weighted by atomic mass is 16.6. The summed E-state index contributed by atoms with van der Waals surface area (Å²) in [4.78, 5) is 32.5. The average molecular weight is 252 g/mol. The lowest BCUT2D eigenvalue weighted by atomic mass is 10.1. The van der Waals surface area contributed by atoms with Gasteiger partial charge in [-0.3, -0.25) is 19.7 Å². The van der Waals surface area contributed by atoms with Crippen molar-refractivity contribution < 1.29 is 14.5 Å². The summed E-state index contributed by atoms with van der Waals surface area (Å²) < 4.78 is 0. The molecule has 0 heterocycles. The van der Waals surface area contributed by atoms with Crippen molar-refractivity contribution in [3.63, 3.8) is 0 Å². The Kier molecular flexibility index (Phi) is 3.82. The number of benzene rings is 1. The van der Waals surface area contributed by atoms with Crippen LogP contribution >= 0.6 is 0 Å². The molecule has 0 aliphatic heterocycles. The first-order valence-electron chi connectivity index (χ1n) is 4.97. The molecule has 0 bridgehead atoms. The van der Waals surface area contributed by atoms with Crippen LogP contribution in [0.3, 0.4) is 0 Å². The van der Waals surface area contributed by atoms with Crippen LogP contribution in [0, 0.1) is 10.1 Å². The number of nitrogens with one attached hydrogen (secondary N) is 1. The van der Waals surface area contributed by atoms with Gasteiger partial charge in [0.1, 0.15) is 6.04 Å². The molecular weight excluding hydrogens is 240 g/mol. The molecule has 0 saturated heterocycles. The van der Waals surface area contributed by atoms with Gasteiger partial charge in [0.2, 0.25) is 5.91 Å². The van der Waals surface area contributed by atoms with E-state index in [-0.39, 0.29) is 16.9 Å². The van der Waals surface area contributed by atoms with E-state index in [1.807, 2.05) is 0 Å². The number of nitro groups is 1. The Balaban J connectivity index is 3.01. The fourth-order valence-corrected chi connectivity index (χ4v) is 1.20. The molecule has 8 nitrogen and oxygen atoms in total. The van der Waals surface area contributed by atoms with Gasteiger partial charge in [-0.1, -0.05) is 0 Å². The van der Waals surface area contributed by atoms with E-state index in [9.17, 15) is 19.7 Å². The van der Waals surface area contributed by atoms with Crippen molar-refractivity contribution >= 4 is 23.2 Å². The highest BCUT2D eigenvalue weighted by Crippen LogP contribution is 2.19. The summed E-state index contributed by atoms with van der Waals surface area (Å²) in [5.74, 6) is -1.41. The first kappa shape index (κ1) is 13.4. The molecule has 0 radical (unpaired) electrons. The van der Waals surface area contributed by atoms with Crippen molar-refractivity contribution in [2.75, 3.05) is 5.73 Å². The number of nitrogens with zero attached hydrogens (tertiary/aromatic N) is 1. The van der Waals surface area contributed by atoms with Gasteiger partial charge in [0.25, 0.3) is 11.6 Å². The van der Waals surface area contributed by atoms with Gasteiger partial charge in [-0.05, 0) is 13.0 Å². The van der Waals surface area contributed by atoms with E-state index in [0.717, 1.165) is 6.07 Å². The quantitative estimate of drug-likeness (QED) is 0.386. The second-order valence-corrected chi connectivity index (χ2v) is 3.63. The summed E-state index contributed by atoms with van der Waals surface area (Å²) in [6, 6.07) is 2.58. The summed E-state index contributed by atoms with van der Waals surface area (Å²) in [6.45, 7) is 1.40. The molecular formula is C10H12N4O4. The van der Waals surface area contributed by atoms with Crippen molar-refractivity contribution in [1.82, 2.24) is 5.32 Å². The second kappa shape index (κ2) is 5.13. The van der Waals surface area contributed by atoms with Gasteiger partial charge in [-0.2, -0.15) is 0 Å². The Hall–Kier alpha value is -2.64. The average Bonchev–Trinajstić information content (AvgIpc) is 2.28. The predicted octanol–water partition coefficient (Wildman–Crippen LogP) is -0.219. The maximum Gasteiger partial charge on any atom is 0.270 e. The summed E-state index contributed by atoms with van der Waals surface area (Å²) in [5.41, 5.74) is 10.3. The second-order valence-electron chi connectivity index (χ2n) is 3.63. The van der Waals surface area contributed by atoms with Crippen LogP contribution in [0.4, 0.5) is 11.4 Å². The number of nitrogens with two attached hydrogens (primary N) is 2. The molecule has 1 atom stereocenters. The Morgan fingerprint density at radius 1 is 1.44 bits per heavy atom. The van der Waals surface area contributed by atoms with Crippen LogP contribution in [-0.4, -0.2) is 22.8 Å². The minimum absolute atomic E-state index is 0.0719. The van der Waals surface area contributed by atoms with Gasteiger partial charge in [-0.15, -0.1) is 0 Å². The van der Waals surface area contributed by atoms with Crippen LogP contribution in [0.5, 0.6) is 0 Å². The summed E-state index contributed by atoms with van der Waals surface area (Å²) >= 11 is 0. The molecule has 1 aromatic carbocycles. The van der Waals surface area contributed by atoms with Crippen LogP contribution in [0.2, 0.25) is 0 Å². The zero-order chi connectivity index (χ0) is 13.9. The van der Waals surface area contributed by atoms with Gasteiger partial charge in [0.05, 0.1) is 10.5 Å². The van der Waals surface area contributed by atoms with Crippen molar-refractivity contribution in [3.05, 3.63) is 33.9 Å². The van der Waals surface area contributed by atoms with Crippen LogP contribution in [0.15, 0.2) is 18.2 Å². The van der Waals surface area contributed by atoms with Crippen molar-refractivity contribution in [3.8, 4) is 0 Å². The lowest BCUT2D eigenvalue weighted by Crippen LogP contribution is -2.42. The molecule has 0 aromatic heterocycles. The lowest BCUT2D eigenvalue weighted by molar-refractivity contribution is -0.384. The number of anilines is 1.